The van der Waals surface area contributed by atoms with Gasteiger partial charge in [-0.15, -0.1) is 0 Å². The second kappa shape index (κ2) is 7.56. The van der Waals surface area contributed by atoms with Crippen molar-refractivity contribution in [1.29, 1.82) is 0 Å². The maximum Gasteiger partial charge on any atom is 0.339 e. The molecule has 0 aromatic heterocycles. The average Bonchev–Trinajstić information content (AvgIpc) is 2.54. The van der Waals surface area contributed by atoms with E-state index in [1.165, 1.54) is 18.2 Å². The van der Waals surface area contributed by atoms with E-state index in [9.17, 15) is 14.7 Å². The highest BCUT2D eigenvalue weighted by Gasteiger charge is 2.11. The number of carbonyl (C=O) groups is 2. The highest BCUT2D eigenvalue weighted by atomic mass is 32.1. The number of benzene rings is 2. The topological polar surface area (TPSA) is 98.7 Å². The van der Waals surface area contributed by atoms with Gasteiger partial charge >= 0.3 is 5.97 Å². The Bertz CT molecular complexity index is 788. The molecule has 0 unspecified atom stereocenters. The first-order valence-corrected chi connectivity index (χ1v) is 7.59. The molecule has 0 aliphatic rings. The van der Waals surface area contributed by atoms with Crippen LogP contribution in [0.4, 0.5) is 5.69 Å². The van der Waals surface area contributed by atoms with Crippen LogP contribution >= 0.6 is 12.2 Å². The van der Waals surface area contributed by atoms with Crippen molar-refractivity contribution in [3.05, 3.63) is 59.2 Å². The highest BCUT2D eigenvalue weighted by Crippen LogP contribution is 2.21. The van der Waals surface area contributed by atoms with Crippen LogP contribution in [0.3, 0.4) is 0 Å². The summed E-state index contributed by atoms with van der Waals surface area (Å²) in [5, 5.41) is 23.8. The SMILES string of the molecule is CCc1ccc(C(=O)NC(=S)Nc2ccc(C(=O)O)c(O)c2)cc1. The number of amides is 1. The van der Waals surface area contributed by atoms with Gasteiger partial charge in [0.1, 0.15) is 11.3 Å². The standard InChI is InChI=1S/C17H16N2O4S/c1-2-10-3-5-11(6-4-10)15(21)19-17(24)18-12-7-8-13(16(22)23)14(20)9-12/h3-9,20H,2H2,1H3,(H,22,23)(H2,18,19,21,24). The summed E-state index contributed by atoms with van der Waals surface area (Å²) in [7, 11) is 0. The molecule has 124 valence electrons. The third-order valence-corrected chi connectivity index (χ3v) is 3.54. The molecule has 0 saturated carbocycles. The molecule has 2 rings (SSSR count). The Morgan fingerprint density at radius 3 is 2.33 bits per heavy atom. The van der Waals surface area contributed by atoms with Crippen LogP contribution in [0.5, 0.6) is 5.75 Å². The molecule has 2 aromatic rings. The summed E-state index contributed by atoms with van der Waals surface area (Å²) in [4.78, 5) is 22.9. The summed E-state index contributed by atoms with van der Waals surface area (Å²) < 4.78 is 0. The summed E-state index contributed by atoms with van der Waals surface area (Å²) in [5.74, 6) is -1.98. The Hall–Kier alpha value is -2.93. The van der Waals surface area contributed by atoms with Crippen molar-refractivity contribution >= 4 is 34.9 Å². The van der Waals surface area contributed by atoms with E-state index in [2.05, 4.69) is 10.6 Å². The third-order valence-electron chi connectivity index (χ3n) is 3.34. The van der Waals surface area contributed by atoms with Crippen LogP contribution in [-0.2, 0) is 6.42 Å². The molecule has 0 atom stereocenters. The number of hydrogen-bond acceptors (Lipinski definition) is 4. The van der Waals surface area contributed by atoms with E-state index >= 15 is 0 Å². The number of aromatic hydroxyl groups is 1. The lowest BCUT2D eigenvalue weighted by Crippen LogP contribution is -2.34. The third kappa shape index (κ3) is 4.30. The van der Waals surface area contributed by atoms with E-state index in [1.807, 2.05) is 19.1 Å². The molecule has 6 nitrogen and oxygen atoms in total. The maximum absolute atomic E-state index is 12.1. The normalized spacial score (nSPS) is 10.0. The van der Waals surface area contributed by atoms with Crippen LogP contribution < -0.4 is 10.6 Å². The van der Waals surface area contributed by atoms with Gasteiger partial charge in [0.05, 0.1) is 0 Å². The fraction of sp³-hybridized carbons (Fsp3) is 0.118. The predicted octanol–water partition coefficient (Wildman–Crippen LogP) is 2.78. The van der Waals surface area contributed by atoms with Gasteiger partial charge in [0.15, 0.2) is 5.11 Å². The molecule has 0 aliphatic carbocycles. The monoisotopic (exact) mass is 344 g/mol. The van der Waals surface area contributed by atoms with Crippen LogP contribution in [0.2, 0.25) is 0 Å². The fourth-order valence-electron chi connectivity index (χ4n) is 2.02. The number of carboxylic acids is 1. The quantitative estimate of drug-likeness (QED) is 0.637. The fourth-order valence-corrected chi connectivity index (χ4v) is 2.23. The van der Waals surface area contributed by atoms with E-state index in [1.54, 1.807) is 12.1 Å². The zero-order valence-electron chi connectivity index (χ0n) is 12.9. The first-order valence-electron chi connectivity index (χ1n) is 7.18. The van der Waals surface area contributed by atoms with Gasteiger partial charge in [-0.1, -0.05) is 19.1 Å². The second-order valence-electron chi connectivity index (χ2n) is 5.00. The van der Waals surface area contributed by atoms with Crippen molar-refractivity contribution in [1.82, 2.24) is 5.32 Å². The minimum Gasteiger partial charge on any atom is -0.507 e. The summed E-state index contributed by atoms with van der Waals surface area (Å²) in [6, 6.07) is 11.1. The van der Waals surface area contributed by atoms with Crippen LogP contribution in [0.15, 0.2) is 42.5 Å². The largest absolute Gasteiger partial charge is 0.507 e. The van der Waals surface area contributed by atoms with Crippen LogP contribution in [0.1, 0.15) is 33.2 Å². The van der Waals surface area contributed by atoms with Gasteiger partial charge in [-0.3, -0.25) is 10.1 Å². The molecule has 7 heteroatoms. The van der Waals surface area contributed by atoms with Gasteiger partial charge in [-0.05, 0) is 48.5 Å². The van der Waals surface area contributed by atoms with Gasteiger partial charge in [-0.2, -0.15) is 0 Å². The van der Waals surface area contributed by atoms with E-state index < -0.39 is 11.7 Å². The Morgan fingerprint density at radius 1 is 1.12 bits per heavy atom. The number of carboxylic acid groups (broad SMARTS) is 1. The molecule has 2 aromatic carbocycles. The van der Waals surface area contributed by atoms with Crippen molar-refractivity contribution in [2.75, 3.05) is 5.32 Å². The van der Waals surface area contributed by atoms with Crippen molar-refractivity contribution < 1.29 is 19.8 Å². The number of aromatic carboxylic acids is 1. The van der Waals surface area contributed by atoms with E-state index in [0.717, 1.165) is 12.0 Å². The summed E-state index contributed by atoms with van der Waals surface area (Å²) in [6.45, 7) is 2.03. The Labute approximate surface area is 144 Å². The van der Waals surface area contributed by atoms with E-state index in [4.69, 9.17) is 17.3 Å². The maximum atomic E-state index is 12.1. The number of nitrogens with one attached hydrogen (secondary N) is 2. The first-order chi connectivity index (χ1) is 11.4. The first kappa shape index (κ1) is 17.4. The lowest BCUT2D eigenvalue weighted by Gasteiger charge is -2.11. The molecular weight excluding hydrogens is 328 g/mol. The molecule has 1 amide bonds. The Kier molecular flexibility index (Phi) is 5.49. The minimum absolute atomic E-state index is 0.0436. The molecular formula is C17H16N2O4S. The van der Waals surface area contributed by atoms with Crippen molar-refractivity contribution in [3.63, 3.8) is 0 Å². The second-order valence-corrected chi connectivity index (χ2v) is 5.40. The average molecular weight is 344 g/mol. The number of hydrogen-bond donors (Lipinski definition) is 4. The molecule has 24 heavy (non-hydrogen) atoms. The van der Waals surface area contributed by atoms with Gasteiger partial charge in [0.25, 0.3) is 5.91 Å². The lowest BCUT2D eigenvalue weighted by molar-refractivity contribution is 0.0693. The number of aryl methyl sites for hydroxylation is 1. The molecule has 0 saturated heterocycles. The van der Waals surface area contributed by atoms with Gasteiger partial charge in [0, 0.05) is 17.3 Å². The summed E-state index contributed by atoms with van der Waals surface area (Å²) in [5.41, 5.74) is 1.75. The van der Waals surface area contributed by atoms with Gasteiger partial charge < -0.3 is 15.5 Å². The number of rotatable bonds is 4. The van der Waals surface area contributed by atoms with Crippen LogP contribution in [0, 0.1) is 0 Å². The van der Waals surface area contributed by atoms with Crippen molar-refractivity contribution in [3.8, 4) is 5.75 Å². The number of carbonyl (C=O) groups excluding carboxylic acids is 1. The van der Waals surface area contributed by atoms with Crippen LogP contribution in [-0.4, -0.2) is 27.2 Å². The zero-order chi connectivity index (χ0) is 17.7. The van der Waals surface area contributed by atoms with Crippen molar-refractivity contribution in [2.24, 2.45) is 0 Å². The Morgan fingerprint density at radius 2 is 1.79 bits per heavy atom. The predicted molar refractivity (Wildman–Crippen MR) is 94.6 cm³/mol. The molecule has 4 N–H and O–H groups in total. The molecule has 0 radical (unpaired) electrons. The Balaban J connectivity index is 2.00. The molecule has 0 bridgehead atoms. The van der Waals surface area contributed by atoms with Crippen LogP contribution in [0.25, 0.3) is 0 Å². The summed E-state index contributed by atoms with van der Waals surface area (Å²) >= 11 is 5.05. The summed E-state index contributed by atoms with van der Waals surface area (Å²) in [6.07, 6.45) is 0.887. The minimum atomic E-state index is -1.23. The van der Waals surface area contributed by atoms with E-state index in [-0.39, 0.29) is 16.6 Å². The van der Waals surface area contributed by atoms with Crippen molar-refractivity contribution in [2.45, 2.75) is 13.3 Å². The number of thiocarbonyl (C=S) groups is 1. The number of anilines is 1. The highest BCUT2D eigenvalue weighted by molar-refractivity contribution is 7.80. The van der Waals surface area contributed by atoms with Gasteiger partial charge in [-0.25, -0.2) is 4.79 Å². The van der Waals surface area contributed by atoms with Gasteiger partial charge in [0.2, 0.25) is 0 Å². The number of phenols is 1. The molecule has 0 fully saturated rings. The van der Waals surface area contributed by atoms with E-state index in [0.29, 0.717) is 11.3 Å². The molecule has 0 aliphatic heterocycles. The zero-order valence-corrected chi connectivity index (χ0v) is 13.7. The lowest BCUT2D eigenvalue weighted by atomic mass is 10.1. The molecule has 0 spiro atoms. The smallest absolute Gasteiger partial charge is 0.339 e. The molecule has 0 heterocycles.